The van der Waals surface area contributed by atoms with Gasteiger partial charge in [-0.2, -0.15) is 0 Å². The monoisotopic (exact) mass is 362 g/mol. The molecule has 0 aliphatic heterocycles. The van der Waals surface area contributed by atoms with Crippen LogP contribution in [0, 0.1) is 6.92 Å². The largest absolute Gasteiger partial charge is 0.469 e. The van der Waals surface area contributed by atoms with Crippen molar-refractivity contribution in [3.05, 3.63) is 88.3 Å². The summed E-state index contributed by atoms with van der Waals surface area (Å²) in [7, 11) is 0. The zero-order valence-corrected chi connectivity index (χ0v) is 14.7. The number of aromatic amines is 1. The van der Waals surface area contributed by atoms with Gasteiger partial charge in [0.2, 0.25) is 5.91 Å². The molecular formula is C21H18N2O4. The second-order valence-electron chi connectivity index (χ2n) is 6.46. The van der Waals surface area contributed by atoms with Gasteiger partial charge in [0.25, 0.3) is 0 Å². The van der Waals surface area contributed by atoms with Gasteiger partial charge in [-0.3, -0.25) is 9.78 Å². The molecule has 1 amide bonds. The Kier molecular flexibility index (Phi) is 4.38. The lowest BCUT2D eigenvalue weighted by Crippen LogP contribution is -2.23. The van der Waals surface area contributed by atoms with Gasteiger partial charge < -0.3 is 14.2 Å². The maximum Gasteiger partial charge on any atom is 0.417 e. The Labute approximate surface area is 154 Å². The third kappa shape index (κ3) is 3.69. The quantitative estimate of drug-likeness (QED) is 0.562. The summed E-state index contributed by atoms with van der Waals surface area (Å²) in [6.07, 6.45) is 2.05. The van der Waals surface area contributed by atoms with Crippen molar-refractivity contribution in [1.82, 2.24) is 4.98 Å². The lowest BCUT2D eigenvalue weighted by atomic mass is 9.93. The number of oxazole rings is 1. The molecule has 6 nitrogen and oxygen atoms in total. The zero-order valence-electron chi connectivity index (χ0n) is 14.7. The highest BCUT2D eigenvalue weighted by molar-refractivity contribution is 5.97. The molecule has 0 bridgehead atoms. The first-order valence-electron chi connectivity index (χ1n) is 8.61. The molecule has 1 unspecified atom stereocenters. The zero-order chi connectivity index (χ0) is 18.8. The molecule has 0 saturated heterocycles. The van der Waals surface area contributed by atoms with Crippen molar-refractivity contribution < 1.29 is 13.6 Å². The van der Waals surface area contributed by atoms with E-state index in [1.807, 2.05) is 43.3 Å². The summed E-state index contributed by atoms with van der Waals surface area (Å²) >= 11 is 0. The SMILES string of the molecule is Cc1ccc(C(Cc2ccco2)C(=O)Nc2ccc3oc(=O)[nH]c3c2)cc1. The lowest BCUT2D eigenvalue weighted by molar-refractivity contribution is -0.117. The normalized spacial score (nSPS) is 12.2. The van der Waals surface area contributed by atoms with E-state index in [2.05, 4.69) is 10.3 Å². The molecule has 0 radical (unpaired) electrons. The first kappa shape index (κ1) is 16.9. The van der Waals surface area contributed by atoms with E-state index >= 15 is 0 Å². The van der Waals surface area contributed by atoms with Crippen LogP contribution in [0.1, 0.15) is 22.8 Å². The van der Waals surface area contributed by atoms with Crippen molar-refractivity contribution in [3.8, 4) is 0 Å². The van der Waals surface area contributed by atoms with Crippen LogP contribution in [0.3, 0.4) is 0 Å². The molecule has 4 rings (SSSR count). The average molecular weight is 362 g/mol. The molecule has 2 aromatic carbocycles. The van der Waals surface area contributed by atoms with Crippen LogP contribution in [0.4, 0.5) is 5.69 Å². The van der Waals surface area contributed by atoms with E-state index in [0.717, 1.165) is 16.9 Å². The summed E-state index contributed by atoms with van der Waals surface area (Å²) in [4.78, 5) is 26.9. The number of benzene rings is 2. The molecule has 2 aromatic heterocycles. The molecule has 1 atom stereocenters. The fourth-order valence-electron chi connectivity index (χ4n) is 3.05. The van der Waals surface area contributed by atoms with Gasteiger partial charge in [-0.15, -0.1) is 0 Å². The summed E-state index contributed by atoms with van der Waals surface area (Å²) in [5, 5.41) is 2.92. The number of hydrogen-bond donors (Lipinski definition) is 2. The molecule has 6 heteroatoms. The van der Waals surface area contributed by atoms with Gasteiger partial charge in [0, 0.05) is 12.1 Å². The van der Waals surface area contributed by atoms with Gasteiger partial charge >= 0.3 is 5.76 Å². The molecule has 27 heavy (non-hydrogen) atoms. The minimum Gasteiger partial charge on any atom is -0.469 e. The van der Waals surface area contributed by atoms with Crippen LogP contribution in [0.5, 0.6) is 0 Å². The van der Waals surface area contributed by atoms with Crippen molar-refractivity contribution in [3.63, 3.8) is 0 Å². The van der Waals surface area contributed by atoms with E-state index in [-0.39, 0.29) is 5.91 Å². The van der Waals surface area contributed by atoms with E-state index in [0.29, 0.717) is 23.2 Å². The Morgan fingerprint density at radius 3 is 2.70 bits per heavy atom. The van der Waals surface area contributed by atoms with Gasteiger partial charge in [-0.05, 0) is 42.8 Å². The second kappa shape index (κ2) is 6.99. The minimum absolute atomic E-state index is 0.152. The highest BCUT2D eigenvalue weighted by atomic mass is 16.4. The molecule has 0 spiro atoms. The number of carbonyl (C=O) groups is 1. The van der Waals surface area contributed by atoms with Crippen LogP contribution in [0.2, 0.25) is 0 Å². The molecule has 0 aliphatic rings. The number of amides is 1. The first-order valence-corrected chi connectivity index (χ1v) is 8.61. The van der Waals surface area contributed by atoms with Gasteiger partial charge in [-0.25, -0.2) is 4.79 Å². The maximum absolute atomic E-state index is 13.0. The number of aromatic nitrogens is 1. The van der Waals surface area contributed by atoms with Crippen LogP contribution >= 0.6 is 0 Å². The summed E-state index contributed by atoms with van der Waals surface area (Å²) in [6.45, 7) is 2.01. The molecule has 136 valence electrons. The van der Waals surface area contributed by atoms with Crippen LogP contribution in [-0.2, 0) is 11.2 Å². The number of rotatable bonds is 5. The van der Waals surface area contributed by atoms with Crippen LogP contribution in [0.25, 0.3) is 11.1 Å². The van der Waals surface area contributed by atoms with E-state index in [4.69, 9.17) is 8.83 Å². The van der Waals surface area contributed by atoms with Crippen LogP contribution in [0.15, 0.2) is 74.5 Å². The Hall–Kier alpha value is -3.54. The number of nitrogens with one attached hydrogen (secondary N) is 2. The topological polar surface area (TPSA) is 88.2 Å². The number of hydrogen-bond acceptors (Lipinski definition) is 4. The summed E-state index contributed by atoms with van der Waals surface area (Å²) in [6, 6.07) is 16.6. The fraction of sp³-hybridized carbons (Fsp3) is 0.143. The number of furan rings is 1. The van der Waals surface area contributed by atoms with Crippen molar-refractivity contribution in [2.75, 3.05) is 5.32 Å². The second-order valence-corrected chi connectivity index (χ2v) is 6.46. The third-order valence-electron chi connectivity index (χ3n) is 4.47. The summed E-state index contributed by atoms with van der Waals surface area (Å²) in [5.41, 5.74) is 3.61. The van der Waals surface area contributed by atoms with Gasteiger partial charge in [0.1, 0.15) is 5.76 Å². The van der Waals surface area contributed by atoms with E-state index < -0.39 is 11.7 Å². The molecule has 0 saturated carbocycles. The molecule has 0 aliphatic carbocycles. The molecular weight excluding hydrogens is 344 g/mol. The fourth-order valence-corrected chi connectivity index (χ4v) is 3.05. The highest BCUT2D eigenvalue weighted by Gasteiger charge is 2.22. The molecule has 4 aromatic rings. The van der Waals surface area contributed by atoms with Crippen molar-refractivity contribution in [1.29, 1.82) is 0 Å². The smallest absolute Gasteiger partial charge is 0.417 e. The van der Waals surface area contributed by atoms with Crippen molar-refractivity contribution >= 4 is 22.7 Å². The molecule has 2 N–H and O–H groups in total. The van der Waals surface area contributed by atoms with E-state index in [1.54, 1.807) is 24.5 Å². The number of fused-ring (bicyclic) bond motifs is 1. The average Bonchev–Trinajstić information content (AvgIpc) is 3.28. The summed E-state index contributed by atoms with van der Waals surface area (Å²) < 4.78 is 10.4. The first-order chi connectivity index (χ1) is 13.1. The third-order valence-corrected chi connectivity index (χ3v) is 4.47. The van der Waals surface area contributed by atoms with Gasteiger partial charge in [-0.1, -0.05) is 29.8 Å². The summed E-state index contributed by atoms with van der Waals surface area (Å²) in [5.74, 6) is -0.342. The maximum atomic E-state index is 13.0. The van der Waals surface area contributed by atoms with Gasteiger partial charge in [0.15, 0.2) is 5.58 Å². The highest BCUT2D eigenvalue weighted by Crippen LogP contribution is 2.25. The van der Waals surface area contributed by atoms with Crippen molar-refractivity contribution in [2.45, 2.75) is 19.3 Å². The minimum atomic E-state index is -0.524. The lowest BCUT2D eigenvalue weighted by Gasteiger charge is -2.17. The van der Waals surface area contributed by atoms with Crippen LogP contribution < -0.4 is 11.1 Å². The number of carbonyl (C=O) groups excluding carboxylic acids is 1. The Morgan fingerprint density at radius 2 is 1.96 bits per heavy atom. The Morgan fingerprint density at radius 1 is 1.15 bits per heavy atom. The molecule has 2 heterocycles. The molecule has 0 fully saturated rings. The van der Waals surface area contributed by atoms with E-state index in [9.17, 15) is 9.59 Å². The predicted molar refractivity (Wildman–Crippen MR) is 102 cm³/mol. The predicted octanol–water partition coefficient (Wildman–Crippen LogP) is 3.99. The Bertz CT molecular complexity index is 1120. The standard InChI is InChI=1S/C21H18N2O4/c1-13-4-6-14(7-5-13)17(12-16-3-2-10-26-16)20(24)22-15-8-9-19-18(11-15)23-21(25)27-19/h2-11,17H,12H2,1H3,(H,22,24)(H,23,25). The Balaban J connectivity index is 1.62. The van der Waals surface area contributed by atoms with E-state index in [1.165, 1.54) is 0 Å². The number of aryl methyl sites for hydroxylation is 1. The number of H-pyrrole nitrogens is 1. The van der Waals surface area contributed by atoms with Gasteiger partial charge in [0.05, 0.1) is 17.7 Å². The van der Waals surface area contributed by atoms with Crippen molar-refractivity contribution in [2.24, 2.45) is 0 Å². The van der Waals surface area contributed by atoms with Crippen LogP contribution in [-0.4, -0.2) is 10.9 Å². The number of anilines is 1.